The maximum atomic E-state index is 14.1. The first kappa shape index (κ1) is 23.2. The van der Waals surface area contributed by atoms with Crippen LogP contribution in [0.4, 0.5) is 10.1 Å². The topological polar surface area (TPSA) is 104 Å². The standard InChI is InChI=1S/C23H22FN3O4S/c1-3-10-31-19(28)13-32-23-15(12-25)21(18-9-6-11-30-18)20(14(2)26-23)22(29)27-17-8-5-4-7-16(17)24/h4-9,11,21,26H,3,10,13H2,1-2H3,(H,27,29)/t21-/m0/s1. The van der Waals surface area contributed by atoms with Crippen LogP contribution in [0.25, 0.3) is 0 Å². The zero-order valence-corrected chi connectivity index (χ0v) is 18.4. The number of thioether (sulfide) groups is 1. The van der Waals surface area contributed by atoms with E-state index in [0.717, 1.165) is 11.8 Å². The first-order valence-corrected chi connectivity index (χ1v) is 10.9. The van der Waals surface area contributed by atoms with Gasteiger partial charge in [-0.15, -0.1) is 0 Å². The second-order valence-electron chi connectivity index (χ2n) is 6.91. The molecule has 2 N–H and O–H groups in total. The van der Waals surface area contributed by atoms with Crippen molar-refractivity contribution in [3.05, 3.63) is 76.1 Å². The van der Waals surface area contributed by atoms with Crippen LogP contribution in [0.1, 0.15) is 31.9 Å². The van der Waals surface area contributed by atoms with Gasteiger partial charge in [-0.05, 0) is 37.6 Å². The summed E-state index contributed by atoms with van der Waals surface area (Å²) in [6.45, 7) is 3.90. The lowest BCUT2D eigenvalue weighted by Gasteiger charge is -2.28. The van der Waals surface area contributed by atoms with Gasteiger partial charge in [-0.3, -0.25) is 9.59 Å². The summed E-state index contributed by atoms with van der Waals surface area (Å²) in [5.74, 6) is -1.98. The maximum Gasteiger partial charge on any atom is 0.316 e. The molecule has 2 aromatic rings. The van der Waals surface area contributed by atoms with Crippen molar-refractivity contribution in [3.63, 3.8) is 0 Å². The van der Waals surface area contributed by atoms with Crippen LogP contribution >= 0.6 is 11.8 Å². The molecule has 0 bridgehead atoms. The molecule has 0 saturated heterocycles. The van der Waals surface area contributed by atoms with Gasteiger partial charge in [0.25, 0.3) is 5.91 Å². The molecule has 32 heavy (non-hydrogen) atoms. The van der Waals surface area contributed by atoms with E-state index in [1.54, 1.807) is 25.1 Å². The average Bonchev–Trinajstić information content (AvgIpc) is 3.31. The fourth-order valence-electron chi connectivity index (χ4n) is 3.21. The fourth-order valence-corrected chi connectivity index (χ4v) is 4.10. The Morgan fingerprint density at radius 1 is 1.31 bits per heavy atom. The average molecular weight is 456 g/mol. The smallest absolute Gasteiger partial charge is 0.316 e. The molecule has 1 atom stereocenters. The highest BCUT2D eigenvalue weighted by Gasteiger charge is 2.36. The zero-order valence-electron chi connectivity index (χ0n) is 17.6. The Kier molecular flexibility index (Phi) is 7.73. The third-order valence-electron chi connectivity index (χ3n) is 4.64. The van der Waals surface area contributed by atoms with E-state index < -0.39 is 23.6 Å². The number of carbonyl (C=O) groups excluding carboxylic acids is 2. The van der Waals surface area contributed by atoms with Crippen molar-refractivity contribution in [2.24, 2.45) is 0 Å². The van der Waals surface area contributed by atoms with Crippen LogP contribution < -0.4 is 10.6 Å². The summed E-state index contributed by atoms with van der Waals surface area (Å²) in [5.41, 5.74) is 0.927. The number of nitrogens with zero attached hydrogens (tertiary/aromatic N) is 1. The number of benzene rings is 1. The number of dihydropyridines is 1. The van der Waals surface area contributed by atoms with Crippen LogP contribution in [-0.2, 0) is 14.3 Å². The monoisotopic (exact) mass is 455 g/mol. The number of esters is 1. The third-order valence-corrected chi connectivity index (χ3v) is 5.63. The molecule has 0 radical (unpaired) electrons. The number of furan rings is 1. The summed E-state index contributed by atoms with van der Waals surface area (Å²) >= 11 is 1.12. The van der Waals surface area contributed by atoms with Crippen molar-refractivity contribution in [2.45, 2.75) is 26.2 Å². The van der Waals surface area contributed by atoms with E-state index in [-0.39, 0.29) is 22.6 Å². The van der Waals surface area contributed by atoms with E-state index >= 15 is 0 Å². The molecule has 0 unspecified atom stereocenters. The molecule has 1 amide bonds. The van der Waals surface area contributed by atoms with Gasteiger partial charge in [-0.1, -0.05) is 30.8 Å². The van der Waals surface area contributed by atoms with Crippen LogP contribution in [0.5, 0.6) is 0 Å². The van der Waals surface area contributed by atoms with Gasteiger partial charge in [-0.2, -0.15) is 5.26 Å². The van der Waals surface area contributed by atoms with Crippen LogP contribution in [0.3, 0.4) is 0 Å². The quantitative estimate of drug-likeness (QED) is 0.567. The normalized spacial score (nSPS) is 15.8. The molecule has 7 nitrogen and oxygen atoms in total. The molecule has 166 valence electrons. The molecule has 9 heteroatoms. The van der Waals surface area contributed by atoms with E-state index in [9.17, 15) is 19.2 Å². The van der Waals surface area contributed by atoms with Crippen molar-refractivity contribution >= 4 is 29.3 Å². The van der Waals surface area contributed by atoms with Gasteiger partial charge in [0.1, 0.15) is 11.6 Å². The minimum absolute atomic E-state index is 0.00241. The number of hydrogen-bond acceptors (Lipinski definition) is 7. The highest BCUT2D eigenvalue weighted by atomic mass is 32.2. The molecule has 0 saturated carbocycles. The summed E-state index contributed by atoms with van der Waals surface area (Å²) in [6, 6.07) is 11.3. The molecule has 1 aromatic carbocycles. The number of nitriles is 1. The Morgan fingerprint density at radius 2 is 2.09 bits per heavy atom. The number of nitrogens with one attached hydrogen (secondary N) is 2. The van der Waals surface area contributed by atoms with E-state index in [1.807, 2.05) is 6.92 Å². The number of ether oxygens (including phenoxy) is 1. The number of para-hydroxylation sites is 1. The lowest BCUT2D eigenvalue weighted by atomic mass is 9.85. The predicted molar refractivity (Wildman–Crippen MR) is 119 cm³/mol. The van der Waals surface area contributed by atoms with Crippen LogP contribution in [0, 0.1) is 17.1 Å². The molecule has 1 aliphatic heterocycles. The van der Waals surface area contributed by atoms with Crippen molar-refractivity contribution < 1.29 is 23.1 Å². The Labute approximate surface area is 189 Å². The highest BCUT2D eigenvalue weighted by molar-refractivity contribution is 8.03. The SMILES string of the molecule is CCCOC(=O)CSC1=C(C#N)[C@@H](c2ccco2)C(C(=O)Nc2ccccc2F)=C(C)N1. The first-order valence-electron chi connectivity index (χ1n) is 9.96. The largest absolute Gasteiger partial charge is 0.468 e. The second kappa shape index (κ2) is 10.7. The van der Waals surface area contributed by atoms with Crippen LogP contribution in [0.2, 0.25) is 0 Å². The number of allylic oxidation sites excluding steroid dienone is 2. The highest BCUT2D eigenvalue weighted by Crippen LogP contribution is 2.41. The Hall–Kier alpha value is -3.51. The number of rotatable bonds is 8. The lowest BCUT2D eigenvalue weighted by Crippen LogP contribution is -2.31. The van der Waals surface area contributed by atoms with E-state index in [2.05, 4.69) is 16.7 Å². The van der Waals surface area contributed by atoms with Gasteiger partial charge in [0.05, 0.1) is 52.5 Å². The minimum atomic E-state index is -0.822. The van der Waals surface area contributed by atoms with Gasteiger partial charge in [0.15, 0.2) is 0 Å². The molecular weight excluding hydrogens is 433 g/mol. The van der Waals surface area contributed by atoms with E-state index in [0.29, 0.717) is 29.5 Å². The second-order valence-corrected chi connectivity index (χ2v) is 7.90. The molecule has 0 spiro atoms. The van der Waals surface area contributed by atoms with Gasteiger partial charge in [0, 0.05) is 5.70 Å². The Morgan fingerprint density at radius 3 is 2.75 bits per heavy atom. The number of anilines is 1. The molecule has 0 fully saturated rings. The van der Waals surface area contributed by atoms with Crippen LogP contribution in [0.15, 0.2) is 69.0 Å². The first-order chi connectivity index (χ1) is 15.5. The molecule has 3 rings (SSSR count). The van der Waals surface area contributed by atoms with E-state index in [4.69, 9.17) is 9.15 Å². The third kappa shape index (κ3) is 5.21. The fraction of sp³-hybridized carbons (Fsp3) is 0.261. The van der Waals surface area contributed by atoms with Crippen LogP contribution in [-0.4, -0.2) is 24.2 Å². The minimum Gasteiger partial charge on any atom is -0.468 e. The van der Waals surface area contributed by atoms with Crippen molar-refractivity contribution in [1.29, 1.82) is 5.26 Å². The summed E-state index contributed by atoms with van der Waals surface area (Å²) in [4.78, 5) is 25.1. The zero-order chi connectivity index (χ0) is 23.1. The molecule has 1 aliphatic rings. The Balaban J connectivity index is 1.93. The van der Waals surface area contributed by atoms with Gasteiger partial charge >= 0.3 is 5.97 Å². The van der Waals surface area contributed by atoms with Crippen molar-refractivity contribution in [3.8, 4) is 6.07 Å². The Bertz CT molecular complexity index is 1100. The number of amides is 1. The maximum absolute atomic E-state index is 14.1. The summed E-state index contributed by atoms with van der Waals surface area (Å²) in [6.07, 6.45) is 2.16. The summed E-state index contributed by atoms with van der Waals surface area (Å²) in [5, 5.41) is 16.0. The number of halogens is 1. The van der Waals surface area contributed by atoms with Crippen molar-refractivity contribution in [2.75, 3.05) is 17.7 Å². The molecule has 0 aliphatic carbocycles. The molecule has 1 aromatic heterocycles. The predicted octanol–water partition coefficient (Wildman–Crippen LogP) is 4.44. The number of carbonyl (C=O) groups is 2. The molecular formula is C23H22FN3O4S. The van der Waals surface area contributed by atoms with Gasteiger partial charge in [-0.25, -0.2) is 4.39 Å². The van der Waals surface area contributed by atoms with Crippen molar-refractivity contribution in [1.82, 2.24) is 5.32 Å². The number of hydrogen-bond donors (Lipinski definition) is 2. The van der Waals surface area contributed by atoms with E-state index in [1.165, 1.54) is 24.5 Å². The molecule has 2 heterocycles. The van der Waals surface area contributed by atoms with Gasteiger partial charge < -0.3 is 19.8 Å². The summed E-state index contributed by atoms with van der Waals surface area (Å²) < 4.78 is 24.7. The van der Waals surface area contributed by atoms with Gasteiger partial charge in [0.2, 0.25) is 0 Å². The summed E-state index contributed by atoms with van der Waals surface area (Å²) in [7, 11) is 0. The lowest BCUT2D eigenvalue weighted by molar-refractivity contribution is -0.140.